The molecule has 0 aliphatic carbocycles. The van der Waals surface area contributed by atoms with Crippen molar-refractivity contribution in [2.75, 3.05) is 0 Å². The fourth-order valence-corrected chi connectivity index (χ4v) is 2.32. The molecule has 0 unspecified atom stereocenters. The van der Waals surface area contributed by atoms with Gasteiger partial charge in [-0.25, -0.2) is 0 Å². The highest BCUT2D eigenvalue weighted by atomic mass is 16.6. The lowest BCUT2D eigenvalue weighted by Crippen LogP contribution is -2.01. The topological polar surface area (TPSA) is 73.3 Å². The van der Waals surface area contributed by atoms with Crippen molar-refractivity contribution in [3.63, 3.8) is 0 Å². The molecule has 104 valence electrons. The van der Waals surface area contributed by atoms with Crippen molar-refractivity contribution in [3.8, 4) is 11.3 Å². The summed E-state index contributed by atoms with van der Waals surface area (Å²) in [7, 11) is 0. The molecular formula is C16H11NO4. The molecule has 0 fully saturated rings. The zero-order valence-corrected chi connectivity index (χ0v) is 11.2. The van der Waals surface area contributed by atoms with E-state index in [1.165, 1.54) is 12.1 Å². The highest BCUT2D eigenvalue weighted by Crippen LogP contribution is 2.30. The Bertz CT molecular complexity index is 912. The van der Waals surface area contributed by atoms with Crippen LogP contribution in [0.25, 0.3) is 22.3 Å². The normalized spacial score (nSPS) is 10.7. The second-order valence-corrected chi connectivity index (χ2v) is 4.68. The molecule has 0 aliphatic rings. The maximum atomic E-state index is 12.1. The Labute approximate surface area is 119 Å². The minimum Gasteiger partial charge on any atom is -0.456 e. The Morgan fingerprint density at radius 3 is 2.62 bits per heavy atom. The standard InChI is InChI=1S/C16H11NO4/c1-10-11(6-4-7-13(10)17(19)20)16-9-14(18)12-5-2-3-8-15(12)21-16/h2-9H,1H3. The highest BCUT2D eigenvalue weighted by molar-refractivity contribution is 5.79. The molecule has 0 N–H and O–H groups in total. The number of para-hydroxylation sites is 1. The number of nitro benzene ring substituents is 1. The molecule has 0 amide bonds. The van der Waals surface area contributed by atoms with Crippen LogP contribution in [0.5, 0.6) is 0 Å². The SMILES string of the molecule is Cc1c(-c2cc(=O)c3ccccc3o2)cccc1[N+](=O)[O-]. The van der Waals surface area contributed by atoms with Gasteiger partial charge in [0.2, 0.25) is 0 Å². The molecule has 0 bridgehead atoms. The summed E-state index contributed by atoms with van der Waals surface area (Å²) in [5.74, 6) is 0.333. The van der Waals surface area contributed by atoms with Gasteiger partial charge in [-0.05, 0) is 19.1 Å². The summed E-state index contributed by atoms with van der Waals surface area (Å²) in [6.07, 6.45) is 0. The molecule has 21 heavy (non-hydrogen) atoms. The second kappa shape index (κ2) is 4.86. The molecule has 3 rings (SSSR count). The van der Waals surface area contributed by atoms with Gasteiger partial charge in [0.15, 0.2) is 5.43 Å². The van der Waals surface area contributed by atoms with Crippen molar-refractivity contribution in [3.05, 3.63) is 74.4 Å². The van der Waals surface area contributed by atoms with Gasteiger partial charge in [0.25, 0.3) is 5.69 Å². The van der Waals surface area contributed by atoms with Gasteiger partial charge in [0.05, 0.1) is 10.3 Å². The lowest BCUT2D eigenvalue weighted by Gasteiger charge is -2.06. The molecular weight excluding hydrogens is 270 g/mol. The van der Waals surface area contributed by atoms with E-state index < -0.39 is 4.92 Å². The lowest BCUT2D eigenvalue weighted by atomic mass is 10.0. The van der Waals surface area contributed by atoms with Crippen molar-refractivity contribution in [2.24, 2.45) is 0 Å². The molecule has 0 aliphatic heterocycles. The van der Waals surface area contributed by atoms with Crippen molar-refractivity contribution in [1.82, 2.24) is 0 Å². The van der Waals surface area contributed by atoms with E-state index in [9.17, 15) is 14.9 Å². The number of benzene rings is 2. The van der Waals surface area contributed by atoms with Gasteiger partial charge < -0.3 is 4.42 Å². The molecule has 0 atom stereocenters. The summed E-state index contributed by atoms with van der Waals surface area (Å²) >= 11 is 0. The van der Waals surface area contributed by atoms with Gasteiger partial charge in [0, 0.05) is 23.3 Å². The first-order valence-corrected chi connectivity index (χ1v) is 6.35. The average molecular weight is 281 g/mol. The highest BCUT2D eigenvalue weighted by Gasteiger charge is 2.16. The molecule has 0 saturated heterocycles. The summed E-state index contributed by atoms with van der Waals surface area (Å²) in [5.41, 5.74) is 1.32. The number of nitro groups is 1. The van der Waals surface area contributed by atoms with Crippen LogP contribution >= 0.6 is 0 Å². The van der Waals surface area contributed by atoms with Crippen LogP contribution in [0.1, 0.15) is 5.56 Å². The number of hydrogen-bond acceptors (Lipinski definition) is 4. The third kappa shape index (κ3) is 2.18. The summed E-state index contributed by atoms with van der Waals surface area (Å²) in [6, 6.07) is 13.0. The molecule has 0 radical (unpaired) electrons. The summed E-state index contributed by atoms with van der Waals surface area (Å²) < 4.78 is 5.72. The second-order valence-electron chi connectivity index (χ2n) is 4.68. The number of nitrogens with zero attached hydrogens (tertiary/aromatic N) is 1. The molecule has 0 spiro atoms. The van der Waals surface area contributed by atoms with E-state index in [1.807, 2.05) is 0 Å². The maximum Gasteiger partial charge on any atom is 0.273 e. The molecule has 1 heterocycles. The summed E-state index contributed by atoms with van der Waals surface area (Å²) in [6.45, 7) is 1.64. The monoisotopic (exact) mass is 281 g/mol. The number of hydrogen-bond donors (Lipinski definition) is 0. The van der Waals surface area contributed by atoms with Crippen molar-refractivity contribution < 1.29 is 9.34 Å². The van der Waals surface area contributed by atoms with Crippen LogP contribution in [0.4, 0.5) is 5.69 Å². The average Bonchev–Trinajstić information content (AvgIpc) is 2.47. The fourth-order valence-electron chi connectivity index (χ4n) is 2.32. The van der Waals surface area contributed by atoms with E-state index in [-0.39, 0.29) is 11.1 Å². The Morgan fingerprint density at radius 1 is 1.10 bits per heavy atom. The van der Waals surface area contributed by atoms with Crippen LogP contribution in [0.2, 0.25) is 0 Å². The number of fused-ring (bicyclic) bond motifs is 1. The van der Waals surface area contributed by atoms with E-state index in [1.54, 1.807) is 43.3 Å². The van der Waals surface area contributed by atoms with Gasteiger partial charge in [0.1, 0.15) is 11.3 Å². The molecule has 5 nitrogen and oxygen atoms in total. The first-order valence-electron chi connectivity index (χ1n) is 6.35. The van der Waals surface area contributed by atoms with E-state index in [0.717, 1.165) is 0 Å². The molecule has 5 heteroatoms. The lowest BCUT2D eigenvalue weighted by molar-refractivity contribution is -0.385. The Balaban J connectivity index is 2.29. The van der Waals surface area contributed by atoms with Gasteiger partial charge in [-0.1, -0.05) is 24.3 Å². The zero-order chi connectivity index (χ0) is 15.0. The van der Waals surface area contributed by atoms with Gasteiger partial charge in [-0.15, -0.1) is 0 Å². The minimum atomic E-state index is -0.446. The maximum absolute atomic E-state index is 12.1. The van der Waals surface area contributed by atoms with Crippen LogP contribution in [-0.2, 0) is 0 Å². The van der Waals surface area contributed by atoms with Crippen LogP contribution in [0, 0.1) is 17.0 Å². The van der Waals surface area contributed by atoms with Gasteiger partial charge >= 0.3 is 0 Å². The Hall–Kier alpha value is -2.95. The molecule has 1 aromatic heterocycles. The zero-order valence-electron chi connectivity index (χ0n) is 11.2. The quantitative estimate of drug-likeness (QED) is 0.530. The van der Waals surface area contributed by atoms with Gasteiger partial charge in [-0.2, -0.15) is 0 Å². The Morgan fingerprint density at radius 2 is 1.86 bits per heavy atom. The predicted molar refractivity (Wildman–Crippen MR) is 79.3 cm³/mol. The first-order chi connectivity index (χ1) is 10.1. The Kier molecular flexibility index (Phi) is 3.02. The summed E-state index contributed by atoms with van der Waals surface area (Å²) in [5, 5.41) is 11.5. The largest absolute Gasteiger partial charge is 0.456 e. The molecule has 2 aromatic carbocycles. The predicted octanol–water partition coefficient (Wildman–Crippen LogP) is 3.68. The van der Waals surface area contributed by atoms with Crippen molar-refractivity contribution in [2.45, 2.75) is 6.92 Å². The van der Waals surface area contributed by atoms with Crippen LogP contribution in [0.3, 0.4) is 0 Å². The van der Waals surface area contributed by atoms with Gasteiger partial charge in [-0.3, -0.25) is 14.9 Å². The smallest absolute Gasteiger partial charge is 0.273 e. The van der Waals surface area contributed by atoms with E-state index in [2.05, 4.69) is 0 Å². The fraction of sp³-hybridized carbons (Fsp3) is 0.0625. The third-order valence-electron chi connectivity index (χ3n) is 3.40. The first kappa shape index (κ1) is 13.1. The van der Waals surface area contributed by atoms with Crippen molar-refractivity contribution >= 4 is 16.7 Å². The van der Waals surface area contributed by atoms with E-state index in [0.29, 0.717) is 27.9 Å². The number of rotatable bonds is 2. The molecule has 3 aromatic rings. The van der Waals surface area contributed by atoms with Crippen LogP contribution in [0.15, 0.2) is 57.7 Å². The van der Waals surface area contributed by atoms with E-state index >= 15 is 0 Å². The summed E-state index contributed by atoms with van der Waals surface area (Å²) in [4.78, 5) is 22.7. The van der Waals surface area contributed by atoms with E-state index in [4.69, 9.17) is 4.42 Å². The molecule has 0 saturated carbocycles. The minimum absolute atomic E-state index is 0.00306. The van der Waals surface area contributed by atoms with Crippen molar-refractivity contribution in [1.29, 1.82) is 0 Å². The third-order valence-corrected chi connectivity index (χ3v) is 3.40. The van der Waals surface area contributed by atoms with Crippen LogP contribution in [-0.4, -0.2) is 4.92 Å². The van der Waals surface area contributed by atoms with Crippen LogP contribution < -0.4 is 5.43 Å².